The lowest BCUT2D eigenvalue weighted by molar-refractivity contribution is 0.355. The zero-order valence-corrected chi connectivity index (χ0v) is 17.4. The van der Waals surface area contributed by atoms with Crippen LogP contribution in [-0.4, -0.2) is 19.2 Å². The Kier molecular flexibility index (Phi) is 6.01. The highest BCUT2D eigenvalue weighted by Crippen LogP contribution is 2.38. The predicted octanol–water partition coefficient (Wildman–Crippen LogP) is 6.14. The maximum absolute atomic E-state index is 5.46. The van der Waals surface area contributed by atoms with Gasteiger partial charge in [0.05, 0.1) is 19.9 Å². The van der Waals surface area contributed by atoms with E-state index in [2.05, 4.69) is 44.3 Å². The van der Waals surface area contributed by atoms with E-state index in [9.17, 15) is 0 Å². The van der Waals surface area contributed by atoms with Crippen LogP contribution in [0.25, 0.3) is 11.3 Å². The third-order valence-electron chi connectivity index (χ3n) is 4.45. The third-order valence-corrected chi connectivity index (χ3v) is 5.49. The summed E-state index contributed by atoms with van der Waals surface area (Å²) in [5.74, 6) is 1.44. The molecule has 27 heavy (non-hydrogen) atoms. The lowest BCUT2D eigenvalue weighted by Gasteiger charge is -2.09. The Morgan fingerprint density at radius 3 is 2.44 bits per heavy atom. The zero-order chi connectivity index (χ0) is 19.4. The molecule has 1 N–H and O–H groups in total. The van der Waals surface area contributed by atoms with Gasteiger partial charge in [-0.15, -0.1) is 11.3 Å². The number of benzene rings is 2. The summed E-state index contributed by atoms with van der Waals surface area (Å²) in [5, 5.41) is 4.40. The first kappa shape index (κ1) is 19.2. The maximum atomic E-state index is 5.46. The molecule has 0 saturated carbocycles. The van der Waals surface area contributed by atoms with Gasteiger partial charge in [0.1, 0.15) is 0 Å². The molecule has 0 aliphatic heterocycles. The van der Waals surface area contributed by atoms with E-state index in [0.717, 1.165) is 40.7 Å². The second-order valence-electron chi connectivity index (χ2n) is 6.55. The first-order chi connectivity index (χ1) is 13.0. The van der Waals surface area contributed by atoms with Gasteiger partial charge in [-0.2, -0.15) is 0 Å². The molecular formula is C22H26N2O2S. The Hall–Kier alpha value is -2.53. The Bertz CT molecular complexity index is 934. The van der Waals surface area contributed by atoms with E-state index < -0.39 is 0 Å². The van der Waals surface area contributed by atoms with Crippen molar-refractivity contribution in [2.45, 2.75) is 33.6 Å². The van der Waals surface area contributed by atoms with Gasteiger partial charge in [0, 0.05) is 16.1 Å². The van der Waals surface area contributed by atoms with E-state index in [0.29, 0.717) is 5.75 Å². The Labute approximate surface area is 165 Å². The fraction of sp³-hybridized carbons (Fsp3) is 0.318. The summed E-state index contributed by atoms with van der Waals surface area (Å²) >= 11 is 1.72. The fourth-order valence-electron chi connectivity index (χ4n) is 3.08. The van der Waals surface area contributed by atoms with Crippen molar-refractivity contribution in [3.05, 3.63) is 52.4 Å². The van der Waals surface area contributed by atoms with Crippen LogP contribution in [0.2, 0.25) is 0 Å². The number of aryl methyl sites for hydroxylation is 3. The average Bonchev–Trinajstić information content (AvgIpc) is 3.06. The van der Waals surface area contributed by atoms with Crippen LogP contribution in [-0.2, 0) is 6.42 Å². The van der Waals surface area contributed by atoms with Crippen molar-refractivity contribution < 1.29 is 9.47 Å². The van der Waals surface area contributed by atoms with Crippen LogP contribution in [0.3, 0.4) is 0 Å². The van der Waals surface area contributed by atoms with Gasteiger partial charge in [-0.3, -0.25) is 0 Å². The van der Waals surface area contributed by atoms with Crippen molar-refractivity contribution in [2.24, 2.45) is 0 Å². The third kappa shape index (κ3) is 4.25. The molecule has 0 aliphatic carbocycles. The summed E-state index contributed by atoms with van der Waals surface area (Å²) in [6.07, 6.45) is 2.07. The fourth-order valence-corrected chi connectivity index (χ4v) is 4.18. The topological polar surface area (TPSA) is 43.4 Å². The molecule has 0 radical (unpaired) electrons. The van der Waals surface area contributed by atoms with Crippen LogP contribution in [0.15, 0.2) is 36.4 Å². The summed E-state index contributed by atoms with van der Waals surface area (Å²) in [6, 6.07) is 12.4. The monoisotopic (exact) mass is 382 g/mol. The molecule has 0 bridgehead atoms. The van der Waals surface area contributed by atoms with Gasteiger partial charge in [0.25, 0.3) is 0 Å². The maximum Gasteiger partial charge on any atom is 0.187 e. The minimum atomic E-state index is 0.717. The van der Waals surface area contributed by atoms with E-state index in [-0.39, 0.29) is 0 Å². The molecule has 0 atom stereocenters. The second kappa shape index (κ2) is 8.44. The molecular weight excluding hydrogens is 356 g/mol. The van der Waals surface area contributed by atoms with E-state index in [1.54, 1.807) is 25.6 Å². The van der Waals surface area contributed by atoms with E-state index in [1.807, 2.05) is 18.2 Å². The number of hydrogen-bond acceptors (Lipinski definition) is 5. The Morgan fingerprint density at radius 2 is 1.78 bits per heavy atom. The molecule has 4 nitrogen and oxygen atoms in total. The molecule has 3 aromatic rings. The number of nitrogens with one attached hydrogen (secondary N) is 1. The number of rotatable bonds is 7. The minimum absolute atomic E-state index is 0.717. The Morgan fingerprint density at radius 1 is 1.00 bits per heavy atom. The van der Waals surface area contributed by atoms with Crippen LogP contribution in [0.1, 0.15) is 29.3 Å². The van der Waals surface area contributed by atoms with Crippen molar-refractivity contribution >= 4 is 22.2 Å². The van der Waals surface area contributed by atoms with E-state index >= 15 is 0 Å². The molecule has 3 rings (SSSR count). The van der Waals surface area contributed by atoms with Crippen molar-refractivity contribution in [3.8, 4) is 22.8 Å². The van der Waals surface area contributed by atoms with Gasteiger partial charge in [-0.25, -0.2) is 4.98 Å². The van der Waals surface area contributed by atoms with Gasteiger partial charge >= 0.3 is 0 Å². The van der Waals surface area contributed by atoms with Gasteiger partial charge < -0.3 is 14.8 Å². The normalized spacial score (nSPS) is 10.7. The van der Waals surface area contributed by atoms with Crippen LogP contribution < -0.4 is 14.8 Å². The molecule has 0 fully saturated rings. The quantitative estimate of drug-likeness (QED) is 0.533. The molecule has 1 aromatic heterocycles. The van der Waals surface area contributed by atoms with Gasteiger partial charge in [-0.1, -0.05) is 31.0 Å². The SMILES string of the molecule is CCCc1sc(Nc2ccc(C)cc2C)nc1-c1ccc(OC)c(OC)c1. The van der Waals surface area contributed by atoms with Crippen molar-refractivity contribution in [3.63, 3.8) is 0 Å². The smallest absolute Gasteiger partial charge is 0.187 e. The standard InChI is InChI=1S/C22H26N2O2S/c1-6-7-20-21(16-9-11-18(25-4)19(13-16)26-5)24-22(27-20)23-17-10-8-14(2)12-15(17)3/h8-13H,6-7H2,1-5H3,(H,23,24). The first-order valence-electron chi connectivity index (χ1n) is 9.12. The second-order valence-corrected chi connectivity index (χ2v) is 7.64. The summed E-state index contributed by atoms with van der Waals surface area (Å²) in [7, 11) is 3.30. The lowest BCUT2D eigenvalue weighted by atomic mass is 10.1. The van der Waals surface area contributed by atoms with E-state index in [1.165, 1.54) is 16.0 Å². The lowest BCUT2D eigenvalue weighted by Crippen LogP contribution is -1.94. The molecule has 0 aliphatic rings. The summed E-state index contributed by atoms with van der Waals surface area (Å²) < 4.78 is 10.8. The zero-order valence-electron chi connectivity index (χ0n) is 16.6. The summed E-state index contributed by atoms with van der Waals surface area (Å²) in [6.45, 7) is 6.41. The van der Waals surface area contributed by atoms with E-state index in [4.69, 9.17) is 14.5 Å². The van der Waals surface area contributed by atoms with Crippen molar-refractivity contribution in [2.75, 3.05) is 19.5 Å². The molecule has 0 amide bonds. The largest absolute Gasteiger partial charge is 0.493 e. The van der Waals surface area contributed by atoms with Gasteiger partial charge in [0.2, 0.25) is 0 Å². The number of ether oxygens (including phenoxy) is 2. The molecule has 2 aromatic carbocycles. The van der Waals surface area contributed by atoms with Crippen LogP contribution >= 0.6 is 11.3 Å². The number of nitrogens with zero attached hydrogens (tertiary/aromatic N) is 1. The van der Waals surface area contributed by atoms with Crippen LogP contribution in [0, 0.1) is 13.8 Å². The highest BCUT2D eigenvalue weighted by Gasteiger charge is 2.15. The molecule has 1 heterocycles. The predicted molar refractivity (Wildman–Crippen MR) is 114 cm³/mol. The minimum Gasteiger partial charge on any atom is -0.493 e. The Balaban J connectivity index is 1.98. The van der Waals surface area contributed by atoms with Crippen molar-refractivity contribution in [1.82, 2.24) is 4.98 Å². The molecule has 142 valence electrons. The number of aromatic nitrogens is 1. The molecule has 0 saturated heterocycles. The molecule has 5 heteroatoms. The van der Waals surface area contributed by atoms with Gasteiger partial charge in [-0.05, 0) is 50.1 Å². The van der Waals surface area contributed by atoms with Gasteiger partial charge in [0.15, 0.2) is 16.6 Å². The van der Waals surface area contributed by atoms with Crippen molar-refractivity contribution in [1.29, 1.82) is 0 Å². The highest BCUT2D eigenvalue weighted by molar-refractivity contribution is 7.16. The summed E-state index contributed by atoms with van der Waals surface area (Å²) in [4.78, 5) is 6.17. The summed E-state index contributed by atoms with van der Waals surface area (Å²) in [5.41, 5.74) is 5.62. The molecule has 0 spiro atoms. The van der Waals surface area contributed by atoms with Crippen LogP contribution in [0.5, 0.6) is 11.5 Å². The number of thiazole rings is 1. The molecule has 0 unspecified atom stereocenters. The highest BCUT2D eigenvalue weighted by atomic mass is 32.1. The van der Waals surface area contributed by atoms with Crippen LogP contribution in [0.4, 0.5) is 10.8 Å². The number of methoxy groups -OCH3 is 2. The number of hydrogen-bond donors (Lipinski definition) is 1. The first-order valence-corrected chi connectivity index (χ1v) is 9.93. The number of anilines is 2. The average molecular weight is 383 g/mol.